The number of ether oxygens (including phenoxy) is 4. The van der Waals surface area contributed by atoms with Gasteiger partial charge in [0, 0.05) is 47.1 Å². The molecule has 52 heavy (non-hydrogen) atoms. The predicted molar refractivity (Wildman–Crippen MR) is 184 cm³/mol. The second kappa shape index (κ2) is 16.6. The highest BCUT2D eigenvalue weighted by atomic mass is 16.6. The zero-order valence-electron chi connectivity index (χ0n) is 29.4. The quantitative estimate of drug-likeness (QED) is 0.0928. The third-order valence-corrected chi connectivity index (χ3v) is 8.33. The Morgan fingerprint density at radius 3 is 1.17 bits per heavy atom. The van der Waals surface area contributed by atoms with Crippen LogP contribution in [-0.2, 0) is 38.1 Å². The van der Waals surface area contributed by atoms with Crippen molar-refractivity contribution in [3.63, 3.8) is 0 Å². The minimum absolute atomic E-state index is 0.0130. The summed E-state index contributed by atoms with van der Waals surface area (Å²) in [5.74, 6) is -5.43. The number of nitro benzene ring substituents is 2. The van der Waals surface area contributed by atoms with Gasteiger partial charge in [-0.1, -0.05) is 24.3 Å². The molecule has 0 spiro atoms. The van der Waals surface area contributed by atoms with Crippen LogP contribution in [0.15, 0.2) is 93.6 Å². The van der Waals surface area contributed by atoms with Gasteiger partial charge in [0.2, 0.25) is 0 Å². The average molecular weight is 719 g/mol. The molecule has 0 amide bonds. The summed E-state index contributed by atoms with van der Waals surface area (Å²) < 4.78 is 21.6. The lowest BCUT2D eigenvalue weighted by Gasteiger charge is -2.30. The van der Waals surface area contributed by atoms with Crippen LogP contribution in [0.3, 0.4) is 0 Å². The van der Waals surface area contributed by atoms with E-state index in [9.17, 15) is 39.4 Å². The van der Waals surface area contributed by atoms with E-state index in [1.807, 2.05) is 0 Å². The molecule has 4 rings (SSSR count). The fourth-order valence-corrected chi connectivity index (χ4v) is 6.21. The number of carbonyl (C=O) groups excluding carboxylic acids is 4. The minimum atomic E-state index is -1.09. The molecule has 2 aromatic rings. The molecule has 0 aromatic heterocycles. The van der Waals surface area contributed by atoms with Gasteiger partial charge in [0.15, 0.2) is 0 Å². The van der Waals surface area contributed by atoms with Gasteiger partial charge in [0.25, 0.3) is 11.4 Å². The number of nitro groups is 2. The first-order valence-corrected chi connectivity index (χ1v) is 16.3. The monoisotopic (exact) mass is 718 g/mol. The van der Waals surface area contributed by atoms with Crippen LogP contribution in [0, 0.1) is 20.2 Å². The van der Waals surface area contributed by atoms with E-state index in [0.717, 1.165) is 0 Å². The number of rotatable bonds is 13. The standard InChI is InChI=1S/C36H38N4O12/c1-7-49-33(41)27-19(3)37-21(5)29(31(27)23-11-9-13-25(17-23)39(45)46)35(43)51-15-16-52-36(44)30-22(6)38-20(4)28(34(42)50-8-2)32(30)24-12-10-14-26(18-24)40(47)48/h9-14,17-18,31-32,37-38H,7-8,15-16H2,1-6H3. The second-order valence-corrected chi connectivity index (χ2v) is 11.7. The van der Waals surface area contributed by atoms with E-state index in [0.29, 0.717) is 22.8 Å². The van der Waals surface area contributed by atoms with Crippen LogP contribution in [0.1, 0.15) is 64.5 Å². The number of hydrogen-bond donors (Lipinski definition) is 2. The Morgan fingerprint density at radius 2 is 0.885 bits per heavy atom. The summed E-state index contributed by atoms with van der Waals surface area (Å²) in [4.78, 5) is 75.6. The molecule has 2 atom stereocenters. The van der Waals surface area contributed by atoms with Crippen LogP contribution >= 0.6 is 0 Å². The molecule has 0 aliphatic carbocycles. The lowest BCUT2D eigenvalue weighted by Crippen LogP contribution is -2.33. The molecule has 16 heteroatoms. The number of esters is 4. The summed E-state index contributed by atoms with van der Waals surface area (Å²) in [6, 6.07) is 11.1. The predicted octanol–water partition coefficient (Wildman–Crippen LogP) is 4.89. The van der Waals surface area contributed by atoms with Crippen molar-refractivity contribution in [2.24, 2.45) is 0 Å². The van der Waals surface area contributed by atoms with Gasteiger partial charge >= 0.3 is 23.9 Å². The fourth-order valence-electron chi connectivity index (χ4n) is 6.21. The zero-order chi connectivity index (χ0) is 38.3. The Balaban J connectivity index is 1.59. The van der Waals surface area contributed by atoms with Crippen molar-refractivity contribution in [3.05, 3.63) is 125 Å². The average Bonchev–Trinajstić information content (AvgIpc) is 3.09. The zero-order valence-corrected chi connectivity index (χ0v) is 29.4. The van der Waals surface area contributed by atoms with E-state index in [1.54, 1.807) is 53.7 Å². The molecular formula is C36H38N4O12. The maximum Gasteiger partial charge on any atom is 0.336 e. The molecule has 0 saturated carbocycles. The van der Waals surface area contributed by atoms with E-state index in [2.05, 4.69) is 10.6 Å². The highest BCUT2D eigenvalue weighted by Crippen LogP contribution is 2.41. The highest BCUT2D eigenvalue weighted by molar-refractivity contribution is 6.01. The summed E-state index contributed by atoms with van der Waals surface area (Å²) in [6.45, 7) is 8.82. The lowest BCUT2D eigenvalue weighted by molar-refractivity contribution is -0.385. The molecule has 2 aliphatic rings. The lowest BCUT2D eigenvalue weighted by atomic mass is 9.80. The summed E-state index contributed by atoms with van der Waals surface area (Å²) >= 11 is 0. The largest absolute Gasteiger partial charge is 0.463 e. The number of non-ortho nitro benzene ring substituents is 2. The number of carbonyl (C=O) groups is 4. The first-order valence-electron chi connectivity index (χ1n) is 16.3. The molecule has 0 radical (unpaired) electrons. The minimum Gasteiger partial charge on any atom is -0.463 e. The van der Waals surface area contributed by atoms with E-state index in [1.165, 1.54) is 36.4 Å². The van der Waals surface area contributed by atoms with E-state index in [-0.39, 0.29) is 58.0 Å². The van der Waals surface area contributed by atoms with Crippen LogP contribution in [0.25, 0.3) is 0 Å². The molecule has 0 bridgehead atoms. The van der Waals surface area contributed by atoms with Gasteiger partial charge in [-0.05, 0) is 52.7 Å². The van der Waals surface area contributed by atoms with Crippen LogP contribution in [0.2, 0.25) is 0 Å². The highest BCUT2D eigenvalue weighted by Gasteiger charge is 2.40. The van der Waals surface area contributed by atoms with Gasteiger partial charge in [0.1, 0.15) is 13.2 Å². The number of nitrogens with one attached hydrogen (secondary N) is 2. The number of nitrogens with zero attached hydrogens (tertiary/aromatic N) is 2. The SMILES string of the molecule is CCOC(=O)C1=C(C)NC(C)=C(C(=O)OCCOC(=O)C2=C(C)NC(C)=C(C(=O)OCC)C2c2cccc([N+](=O)[O-])c2)C1c1cccc([N+](=O)[O-])c1. The Bertz CT molecular complexity index is 1820. The van der Waals surface area contributed by atoms with Crippen molar-refractivity contribution in [1.29, 1.82) is 0 Å². The van der Waals surface area contributed by atoms with Crippen molar-refractivity contribution in [3.8, 4) is 0 Å². The van der Waals surface area contributed by atoms with Crippen molar-refractivity contribution < 1.29 is 48.0 Å². The van der Waals surface area contributed by atoms with Crippen molar-refractivity contribution in [2.45, 2.75) is 53.4 Å². The summed E-state index contributed by atoms with van der Waals surface area (Å²) in [6.07, 6.45) is 0. The fraction of sp³-hybridized carbons (Fsp3) is 0.333. The van der Waals surface area contributed by atoms with Crippen LogP contribution < -0.4 is 10.6 Å². The summed E-state index contributed by atoms with van der Waals surface area (Å²) in [7, 11) is 0. The molecule has 2 aromatic carbocycles. The maximum atomic E-state index is 13.7. The first-order chi connectivity index (χ1) is 24.7. The van der Waals surface area contributed by atoms with Gasteiger partial charge in [0.05, 0.1) is 57.2 Å². The van der Waals surface area contributed by atoms with E-state index < -0.39 is 58.8 Å². The number of dihydropyridines is 2. The molecule has 0 fully saturated rings. The topological polar surface area (TPSA) is 216 Å². The third-order valence-electron chi connectivity index (χ3n) is 8.33. The Hall–Kier alpha value is -6.32. The molecule has 2 aliphatic heterocycles. The Morgan fingerprint density at radius 1 is 0.577 bits per heavy atom. The summed E-state index contributed by atoms with van der Waals surface area (Å²) in [5.41, 5.74) is 1.55. The summed E-state index contributed by atoms with van der Waals surface area (Å²) in [5, 5.41) is 29.2. The van der Waals surface area contributed by atoms with Crippen LogP contribution in [-0.4, -0.2) is 60.2 Å². The maximum absolute atomic E-state index is 13.7. The smallest absolute Gasteiger partial charge is 0.336 e. The van der Waals surface area contributed by atoms with E-state index in [4.69, 9.17) is 18.9 Å². The molecule has 2 unspecified atom stereocenters. The van der Waals surface area contributed by atoms with Crippen molar-refractivity contribution >= 4 is 35.3 Å². The van der Waals surface area contributed by atoms with Gasteiger partial charge in [-0.25, -0.2) is 19.2 Å². The molecule has 2 heterocycles. The van der Waals surface area contributed by atoms with Gasteiger partial charge in [-0.15, -0.1) is 0 Å². The molecule has 2 N–H and O–H groups in total. The molecule has 16 nitrogen and oxygen atoms in total. The number of benzene rings is 2. The van der Waals surface area contributed by atoms with Gasteiger partial charge in [-0.2, -0.15) is 0 Å². The Kier molecular flexibility index (Phi) is 12.3. The number of hydrogen-bond acceptors (Lipinski definition) is 14. The molecule has 274 valence electrons. The second-order valence-electron chi connectivity index (χ2n) is 11.7. The van der Waals surface area contributed by atoms with Gasteiger partial charge in [-0.3, -0.25) is 20.2 Å². The van der Waals surface area contributed by atoms with Gasteiger partial charge < -0.3 is 29.6 Å². The molecular weight excluding hydrogens is 680 g/mol. The number of allylic oxidation sites excluding steroid dienone is 4. The van der Waals surface area contributed by atoms with Crippen molar-refractivity contribution in [2.75, 3.05) is 26.4 Å². The van der Waals surface area contributed by atoms with E-state index >= 15 is 0 Å². The van der Waals surface area contributed by atoms with Crippen molar-refractivity contribution in [1.82, 2.24) is 10.6 Å². The van der Waals surface area contributed by atoms with Crippen LogP contribution in [0.4, 0.5) is 11.4 Å². The van der Waals surface area contributed by atoms with Crippen LogP contribution in [0.5, 0.6) is 0 Å². The first kappa shape index (κ1) is 38.5. The molecule has 0 saturated heterocycles. The third kappa shape index (κ3) is 8.17. The normalized spacial score (nSPS) is 17.2. The Labute approximate surface area is 298 Å².